The number of aliphatic hydroxyl groups excluding tert-OH is 1. The van der Waals surface area contributed by atoms with E-state index in [1.54, 1.807) is 0 Å². The highest BCUT2D eigenvalue weighted by Gasteiger charge is 2.17. The summed E-state index contributed by atoms with van der Waals surface area (Å²) in [5.74, 6) is 0.0398. The Labute approximate surface area is 109 Å². The van der Waals surface area contributed by atoms with Crippen LogP contribution in [0.15, 0.2) is 24.3 Å². The summed E-state index contributed by atoms with van der Waals surface area (Å²) in [6.07, 6.45) is 1.25. The van der Waals surface area contributed by atoms with Crippen molar-refractivity contribution in [3.63, 3.8) is 0 Å². The average molecular weight is 249 g/mol. The summed E-state index contributed by atoms with van der Waals surface area (Å²) in [4.78, 5) is 11.7. The van der Waals surface area contributed by atoms with Gasteiger partial charge in [0.25, 0.3) is 0 Å². The molecule has 0 spiro atoms. The minimum atomic E-state index is -0.251. The van der Waals surface area contributed by atoms with Gasteiger partial charge in [-0.25, -0.2) is 0 Å². The fourth-order valence-corrected chi connectivity index (χ4v) is 1.61. The molecule has 0 bridgehead atoms. The van der Waals surface area contributed by atoms with E-state index in [0.29, 0.717) is 13.0 Å². The van der Waals surface area contributed by atoms with E-state index in [4.69, 9.17) is 5.11 Å². The van der Waals surface area contributed by atoms with Gasteiger partial charge in [-0.05, 0) is 18.9 Å². The van der Waals surface area contributed by atoms with E-state index in [1.807, 2.05) is 39.0 Å². The first kappa shape index (κ1) is 14.7. The van der Waals surface area contributed by atoms with Crippen molar-refractivity contribution in [1.82, 2.24) is 5.32 Å². The molecule has 0 aliphatic rings. The molecule has 0 aliphatic carbocycles. The van der Waals surface area contributed by atoms with Crippen molar-refractivity contribution in [2.75, 3.05) is 13.2 Å². The lowest BCUT2D eigenvalue weighted by Crippen LogP contribution is -2.36. The van der Waals surface area contributed by atoms with Crippen LogP contribution in [0.4, 0.5) is 0 Å². The van der Waals surface area contributed by atoms with Crippen molar-refractivity contribution < 1.29 is 9.90 Å². The van der Waals surface area contributed by atoms with Crippen LogP contribution < -0.4 is 5.32 Å². The Morgan fingerprint density at radius 1 is 1.39 bits per heavy atom. The van der Waals surface area contributed by atoms with E-state index in [1.165, 1.54) is 11.1 Å². The van der Waals surface area contributed by atoms with Crippen molar-refractivity contribution in [2.45, 2.75) is 33.6 Å². The molecule has 3 heteroatoms. The summed E-state index contributed by atoms with van der Waals surface area (Å²) in [5.41, 5.74) is 2.15. The molecule has 0 heterocycles. The zero-order valence-electron chi connectivity index (χ0n) is 11.5. The molecule has 0 unspecified atom stereocenters. The van der Waals surface area contributed by atoms with Gasteiger partial charge in [-0.3, -0.25) is 4.79 Å². The number of rotatable bonds is 6. The van der Waals surface area contributed by atoms with Crippen LogP contribution in [-0.4, -0.2) is 24.2 Å². The van der Waals surface area contributed by atoms with Gasteiger partial charge in [0.15, 0.2) is 0 Å². The van der Waals surface area contributed by atoms with Crippen molar-refractivity contribution >= 4 is 5.91 Å². The van der Waals surface area contributed by atoms with Crippen LogP contribution in [0, 0.1) is 12.3 Å². The van der Waals surface area contributed by atoms with Crippen molar-refractivity contribution in [2.24, 2.45) is 5.41 Å². The Balaban J connectivity index is 2.34. The molecule has 1 rings (SSSR count). The maximum Gasteiger partial charge on any atom is 0.220 e. The third-order valence-electron chi connectivity index (χ3n) is 2.92. The Morgan fingerprint density at radius 2 is 2.11 bits per heavy atom. The Hall–Kier alpha value is -1.35. The molecule has 0 aromatic heterocycles. The Bertz CT molecular complexity index is 399. The second-order valence-electron chi connectivity index (χ2n) is 5.59. The summed E-state index contributed by atoms with van der Waals surface area (Å²) in [5, 5.41) is 12.0. The van der Waals surface area contributed by atoms with Gasteiger partial charge in [-0.15, -0.1) is 0 Å². The molecule has 0 radical (unpaired) electrons. The Kier molecular flexibility index (Phi) is 5.35. The minimum absolute atomic E-state index is 0.0398. The van der Waals surface area contributed by atoms with Crippen LogP contribution in [0.25, 0.3) is 0 Å². The molecule has 0 atom stereocenters. The van der Waals surface area contributed by atoms with Crippen molar-refractivity contribution in [3.05, 3.63) is 35.4 Å². The van der Waals surface area contributed by atoms with E-state index < -0.39 is 0 Å². The van der Waals surface area contributed by atoms with Gasteiger partial charge < -0.3 is 10.4 Å². The lowest BCUT2D eigenvalue weighted by Gasteiger charge is -2.21. The normalized spacial score (nSPS) is 11.3. The van der Waals surface area contributed by atoms with E-state index in [2.05, 4.69) is 11.4 Å². The summed E-state index contributed by atoms with van der Waals surface area (Å²) < 4.78 is 0. The third kappa shape index (κ3) is 5.32. The van der Waals surface area contributed by atoms with Crippen LogP contribution in [0.1, 0.15) is 31.4 Å². The smallest absolute Gasteiger partial charge is 0.220 e. The molecule has 0 saturated heterocycles. The molecule has 100 valence electrons. The molecule has 2 N–H and O–H groups in total. The van der Waals surface area contributed by atoms with Gasteiger partial charge in [0.05, 0.1) is 0 Å². The maximum atomic E-state index is 11.7. The predicted molar refractivity (Wildman–Crippen MR) is 73.4 cm³/mol. The fourth-order valence-electron chi connectivity index (χ4n) is 1.61. The molecular formula is C15H23NO2. The quantitative estimate of drug-likeness (QED) is 0.811. The average Bonchev–Trinajstić information content (AvgIpc) is 2.34. The molecule has 1 aromatic rings. The van der Waals surface area contributed by atoms with E-state index >= 15 is 0 Å². The number of nitrogens with one attached hydrogen (secondary N) is 1. The highest BCUT2D eigenvalue weighted by molar-refractivity contribution is 5.76. The van der Waals surface area contributed by atoms with Crippen LogP contribution in [0.2, 0.25) is 0 Å². The highest BCUT2D eigenvalue weighted by atomic mass is 16.3. The number of aryl methyl sites for hydroxylation is 2. The summed E-state index contributed by atoms with van der Waals surface area (Å²) in [6, 6.07) is 8.20. The summed E-state index contributed by atoms with van der Waals surface area (Å²) >= 11 is 0. The zero-order valence-corrected chi connectivity index (χ0v) is 11.5. The minimum Gasteiger partial charge on any atom is -0.396 e. The first-order valence-electron chi connectivity index (χ1n) is 6.36. The predicted octanol–water partition coefficient (Wildman–Crippen LogP) is 2.06. The fraction of sp³-hybridized carbons (Fsp3) is 0.533. The van der Waals surface area contributed by atoms with Gasteiger partial charge in [0, 0.05) is 25.0 Å². The summed E-state index contributed by atoms with van der Waals surface area (Å²) in [6.45, 7) is 6.48. The van der Waals surface area contributed by atoms with Crippen LogP contribution in [-0.2, 0) is 11.2 Å². The SMILES string of the molecule is Cc1cccc(CCC(=O)NCC(C)(C)CO)c1. The van der Waals surface area contributed by atoms with Gasteiger partial charge in [-0.2, -0.15) is 0 Å². The van der Waals surface area contributed by atoms with Crippen LogP contribution in [0.3, 0.4) is 0 Å². The van der Waals surface area contributed by atoms with Crippen LogP contribution >= 0.6 is 0 Å². The second-order valence-corrected chi connectivity index (χ2v) is 5.59. The molecule has 0 aliphatic heterocycles. The number of hydrogen-bond acceptors (Lipinski definition) is 2. The van der Waals surface area contributed by atoms with E-state index in [-0.39, 0.29) is 17.9 Å². The maximum absolute atomic E-state index is 11.7. The number of carbonyl (C=O) groups is 1. The van der Waals surface area contributed by atoms with Crippen molar-refractivity contribution in [3.8, 4) is 0 Å². The van der Waals surface area contributed by atoms with Gasteiger partial charge >= 0.3 is 0 Å². The van der Waals surface area contributed by atoms with Gasteiger partial charge in [0.2, 0.25) is 5.91 Å². The molecule has 3 nitrogen and oxygen atoms in total. The zero-order chi connectivity index (χ0) is 13.6. The second kappa shape index (κ2) is 6.55. The molecule has 1 aromatic carbocycles. The van der Waals surface area contributed by atoms with Gasteiger partial charge in [-0.1, -0.05) is 43.7 Å². The number of carbonyl (C=O) groups excluding carboxylic acids is 1. The molecular weight excluding hydrogens is 226 g/mol. The summed E-state index contributed by atoms with van der Waals surface area (Å²) in [7, 11) is 0. The third-order valence-corrected chi connectivity index (χ3v) is 2.92. The topological polar surface area (TPSA) is 49.3 Å². The Morgan fingerprint density at radius 3 is 2.72 bits per heavy atom. The molecule has 18 heavy (non-hydrogen) atoms. The van der Waals surface area contributed by atoms with Gasteiger partial charge in [0.1, 0.15) is 0 Å². The number of amides is 1. The van der Waals surface area contributed by atoms with E-state index in [9.17, 15) is 4.79 Å². The molecule has 0 fully saturated rings. The highest BCUT2D eigenvalue weighted by Crippen LogP contribution is 2.11. The van der Waals surface area contributed by atoms with E-state index in [0.717, 1.165) is 6.42 Å². The molecule has 1 amide bonds. The number of benzene rings is 1. The first-order chi connectivity index (χ1) is 8.43. The first-order valence-corrected chi connectivity index (χ1v) is 6.36. The van der Waals surface area contributed by atoms with Crippen molar-refractivity contribution in [1.29, 1.82) is 0 Å². The monoisotopic (exact) mass is 249 g/mol. The lowest BCUT2D eigenvalue weighted by molar-refractivity contribution is -0.121. The lowest BCUT2D eigenvalue weighted by atomic mass is 9.95. The van der Waals surface area contributed by atoms with Crippen LogP contribution in [0.5, 0.6) is 0 Å². The standard InChI is InChI=1S/C15H23NO2/c1-12-5-4-6-13(9-12)7-8-14(18)16-10-15(2,3)11-17/h4-6,9,17H,7-8,10-11H2,1-3H3,(H,16,18). The largest absolute Gasteiger partial charge is 0.396 e. The number of hydrogen-bond donors (Lipinski definition) is 2. The number of aliphatic hydroxyl groups is 1. The molecule has 0 saturated carbocycles.